The Labute approximate surface area is 162 Å². The van der Waals surface area contributed by atoms with Gasteiger partial charge in [-0.1, -0.05) is 97.8 Å². The summed E-state index contributed by atoms with van der Waals surface area (Å²) in [6, 6.07) is 0. The molecule has 0 saturated heterocycles. The van der Waals surface area contributed by atoms with Crippen LogP contribution in [0.4, 0.5) is 0 Å². The van der Waals surface area contributed by atoms with Gasteiger partial charge >= 0.3 is 5.97 Å². The summed E-state index contributed by atoms with van der Waals surface area (Å²) in [5.74, 6) is -0.419. The van der Waals surface area contributed by atoms with Crippen molar-refractivity contribution in [3.05, 3.63) is 0 Å². The topological polar surface area (TPSA) is 46.6 Å². The van der Waals surface area contributed by atoms with Crippen molar-refractivity contribution in [3.8, 4) is 0 Å². The summed E-state index contributed by atoms with van der Waals surface area (Å²) >= 11 is 0. The normalized spacial score (nSPS) is 11.0. The minimum absolute atomic E-state index is 0.0251. The number of likely N-dealkylation sites (N-methyl/N-ethyl adjacent to an activating group) is 1. The molecule has 4 heteroatoms. The van der Waals surface area contributed by atoms with Crippen molar-refractivity contribution in [2.75, 3.05) is 20.2 Å². The number of nitrogens with zero attached hydrogens (tertiary/aromatic N) is 1. The van der Waals surface area contributed by atoms with Gasteiger partial charge in [-0.05, 0) is 6.42 Å². The summed E-state index contributed by atoms with van der Waals surface area (Å²) in [5.41, 5.74) is 0. The van der Waals surface area contributed by atoms with Crippen molar-refractivity contribution in [1.82, 2.24) is 4.90 Å². The summed E-state index contributed by atoms with van der Waals surface area (Å²) < 4.78 is 5.21. The van der Waals surface area contributed by atoms with Gasteiger partial charge in [0.25, 0.3) is 0 Å². The van der Waals surface area contributed by atoms with Crippen molar-refractivity contribution in [2.24, 2.45) is 5.92 Å². The molecule has 0 aromatic heterocycles. The Morgan fingerprint density at radius 1 is 0.769 bits per heavy atom. The van der Waals surface area contributed by atoms with Gasteiger partial charge in [0.1, 0.15) is 6.54 Å². The zero-order valence-corrected chi connectivity index (χ0v) is 17.9. The number of carbonyl (C=O) groups is 2. The summed E-state index contributed by atoms with van der Waals surface area (Å²) in [5, 5.41) is 0. The quantitative estimate of drug-likeness (QED) is 0.243. The van der Waals surface area contributed by atoms with Gasteiger partial charge in [-0.3, -0.25) is 9.59 Å². The fraction of sp³-hybridized carbons (Fsp3) is 0.909. The highest BCUT2D eigenvalue weighted by atomic mass is 16.5. The van der Waals surface area contributed by atoms with Gasteiger partial charge in [-0.25, -0.2) is 0 Å². The van der Waals surface area contributed by atoms with Crippen molar-refractivity contribution >= 4 is 11.9 Å². The summed E-state index contributed by atoms with van der Waals surface area (Å²) in [6.07, 6.45) is 17.0. The number of amides is 1. The van der Waals surface area contributed by atoms with E-state index in [4.69, 9.17) is 4.74 Å². The van der Waals surface area contributed by atoms with Crippen LogP contribution in [0.25, 0.3) is 0 Å². The van der Waals surface area contributed by atoms with Crippen LogP contribution in [0.2, 0.25) is 0 Å². The SMILES string of the molecule is CCCCCCCCCCCCCCCOC(=O)CN(C)C(=O)C(C)C. The highest BCUT2D eigenvalue weighted by molar-refractivity contribution is 5.82. The van der Waals surface area contributed by atoms with Crippen LogP contribution in [0.3, 0.4) is 0 Å². The van der Waals surface area contributed by atoms with Crippen molar-refractivity contribution in [1.29, 1.82) is 0 Å². The van der Waals surface area contributed by atoms with E-state index in [0.29, 0.717) is 6.61 Å². The van der Waals surface area contributed by atoms with Crippen LogP contribution in [0.1, 0.15) is 104 Å². The van der Waals surface area contributed by atoms with Gasteiger partial charge in [0, 0.05) is 13.0 Å². The molecule has 0 N–H and O–H groups in total. The molecule has 0 unspecified atom stereocenters. The predicted molar refractivity (Wildman–Crippen MR) is 109 cm³/mol. The lowest BCUT2D eigenvalue weighted by molar-refractivity contribution is -0.149. The number of hydrogen-bond donors (Lipinski definition) is 0. The van der Waals surface area contributed by atoms with Crippen molar-refractivity contribution < 1.29 is 14.3 Å². The van der Waals surface area contributed by atoms with Crippen LogP contribution in [-0.2, 0) is 14.3 Å². The highest BCUT2D eigenvalue weighted by Gasteiger charge is 2.16. The third-order valence-corrected chi connectivity index (χ3v) is 4.75. The molecule has 0 spiro atoms. The smallest absolute Gasteiger partial charge is 0.325 e. The van der Waals surface area contributed by atoms with Crippen LogP contribution in [-0.4, -0.2) is 37.0 Å². The third-order valence-electron chi connectivity index (χ3n) is 4.75. The van der Waals surface area contributed by atoms with E-state index in [9.17, 15) is 9.59 Å². The number of ether oxygens (including phenoxy) is 1. The van der Waals surface area contributed by atoms with E-state index >= 15 is 0 Å². The Kier molecular flexibility index (Phi) is 16.7. The number of hydrogen-bond acceptors (Lipinski definition) is 3. The minimum Gasteiger partial charge on any atom is -0.464 e. The molecule has 0 aliphatic rings. The Hall–Kier alpha value is -1.06. The summed E-state index contributed by atoms with van der Waals surface area (Å²) in [6.45, 7) is 6.45. The fourth-order valence-corrected chi connectivity index (χ4v) is 3.06. The molecule has 0 fully saturated rings. The van der Waals surface area contributed by atoms with Crippen molar-refractivity contribution in [3.63, 3.8) is 0 Å². The molecule has 154 valence electrons. The Balaban J connectivity index is 3.33. The van der Waals surface area contributed by atoms with E-state index in [1.807, 2.05) is 13.8 Å². The maximum Gasteiger partial charge on any atom is 0.325 e. The maximum absolute atomic E-state index is 11.7. The second-order valence-corrected chi connectivity index (χ2v) is 7.81. The average molecular weight is 370 g/mol. The number of unbranched alkanes of at least 4 members (excludes halogenated alkanes) is 12. The van der Waals surface area contributed by atoms with Crippen molar-refractivity contribution in [2.45, 2.75) is 104 Å². The van der Waals surface area contributed by atoms with E-state index in [0.717, 1.165) is 12.8 Å². The largest absolute Gasteiger partial charge is 0.464 e. The summed E-state index contributed by atoms with van der Waals surface area (Å²) in [7, 11) is 1.65. The lowest BCUT2D eigenvalue weighted by Gasteiger charge is -2.18. The van der Waals surface area contributed by atoms with E-state index < -0.39 is 0 Å². The molecular weight excluding hydrogens is 326 g/mol. The Morgan fingerprint density at radius 2 is 1.19 bits per heavy atom. The third kappa shape index (κ3) is 15.2. The zero-order chi connectivity index (χ0) is 19.6. The maximum atomic E-state index is 11.7. The average Bonchev–Trinajstić information content (AvgIpc) is 2.61. The van der Waals surface area contributed by atoms with E-state index in [2.05, 4.69) is 6.92 Å². The molecule has 0 atom stereocenters. The van der Waals surface area contributed by atoms with Gasteiger partial charge in [0.15, 0.2) is 0 Å². The second kappa shape index (κ2) is 17.4. The van der Waals surface area contributed by atoms with Gasteiger partial charge in [-0.15, -0.1) is 0 Å². The van der Waals surface area contributed by atoms with Crippen LogP contribution < -0.4 is 0 Å². The van der Waals surface area contributed by atoms with E-state index in [1.54, 1.807) is 7.05 Å². The first kappa shape index (κ1) is 24.9. The van der Waals surface area contributed by atoms with Gasteiger partial charge in [0.2, 0.25) is 5.91 Å². The molecule has 0 aliphatic carbocycles. The molecule has 0 aromatic carbocycles. The minimum atomic E-state index is -0.305. The number of carbonyl (C=O) groups excluding carboxylic acids is 2. The van der Waals surface area contributed by atoms with Crippen LogP contribution in [0.15, 0.2) is 0 Å². The molecule has 0 rings (SSSR count). The molecular formula is C22H43NO3. The predicted octanol–water partition coefficient (Wildman–Crippen LogP) is 5.74. The highest BCUT2D eigenvalue weighted by Crippen LogP contribution is 2.12. The lowest BCUT2D eigenvalue weighted by atomic mass is 10.0. The van der Waals surface area contributed by atoms with E-state index in [-0.39, 0.29) is 24.3 Å². The van der Waals surface area contributed by atoms with Gasteiger partial charge < -0.3 is 9.64 Å². The molecule has 26 heavy (non-hydrogen) atoms. The second-order valence-electron chi connectivity index (χ2n) is 7.81. The molecule has 4 nitrogen and oxygen atoms in total. The molecule has 0 saturated carbocycles. The number of esters is 1. The molecule has 0 radical (unpaired) electrons. The first-order valence-corrected chi connectivity index (χ1v) is 10.9. The number of rotatable bonds is 17. The van der Waals surface area contributed by atoms with Crippen LogP contribution >= 0.6 is 0 Å². The van der Waals surface area contributed by atoms with Gasteiger partial charge in [-0.2, -0.15) is 0 Å². The fourth-order valence-electron chi connectivity index (χ4n) is 3.06. The van der Waals surface area contributed by atoms with Crippen LogP contribution in [0, 0.1) is 5.92 Å². The van der Waals surface area contributed by atoms with Crippen LogP contribution in [0.5, 0.6) is 0 Å². The molecule has 0 bridgehead atoms. The van der Waals surface area contributed by atoms with Gasteiger partial charge in [0.05, 0.1) is 6.61 Å². The first-order valence-electron chi connectivity index (χ1n) is 10.9. The molecule has 0 heterocycles. The van der Waals surface area contributed by atoms with E-state index in [1.165, 1.54) is 75.5 Å². The standard InChI is InChI=1S/C22H43NO3/c1-5-6-7-8-9-10-11-12-13-14-15-16-17-18-26-21(24)19-23(4)22(25)20(2)3/h20H,5-19H2,1-4H3. The molecule has 0 aromatic rings. The molecule has 0 aliphatic heterocycles. The summed E-state index contributed by atoms with van der Waals surface area (Å²) in [4.78, 5) is 24.8. The Bertz CT molecular complexity index is 355. The monoisotopic (exact) mass is 369 g/mol. The zero-order valence-electron chi connectivity index (χ0n) is 17.9. The first-order chi connectivity index (χ1) is 12.5. The Morgan fingerprint density at radius 3 is 1.62 bits per heavy atom. The lowest BCUT2D eigenvalue weighted by Crippen LogP contribution is -2.35. The molecule has 1 amide bonds.